The number of ether oxygens (including phenoxy) is 1. The number of carbonyl (C=O) groups excluding carboxylic acids is 1. The molecule has 1 aromatic carbocycles. The van der Waals surface area contributed by atoms with E-state index in [-0.39, 0.29) is 12.1 Å². The van der Waals surface area contributed by atoms with Gasteiger partial charge in [0.2, 0.25) is 0 Å². The number of nitrogens with one attached hydrogen (secondary N) is 1. The van der Waals surface area contributed by atoms with Gasteiger partial charge in [0.25, 0.3) is 0 Å². The van der Waals surface area contributed by atoms with Crippen LogP contribution in [-0.2, 0) is 6.54 Å². The Morgan fingerprint density at radius 2 is 2.17 bits per heavy atom. The maximum atomic E-state index is 12.3. The average Bonchev–Trinajstić information content (AvgIpc) is 2.58. The molecule has 1 saturated heterocycles. The van der Waals surface area contributed by atoms with Crippen molar-refractivity contribution in [3.8, 4) is 5.75 Å². The number of rotatable bonds is 6. The number of hydrogen-bond donors (Lipinski definition) is 2. The Balaban J connectivity index is 1.84. The van der Waals surface area contributed by atoms with Crippen molar-refractivity contribution in [3.63, 3.8) is 0 Å². The van der Waals surface area contributed by atoms with E-state index in [1.165, 1.54) is 0 Å². The molecule has 5 heteroatoms. The van der Waals surface area contributed by atoms with Gasteiger partial charge in [-0.25, -0.2) is 4.79 Å². The van der Waals surface area contributed by atoms with Gasteiger partial charge >= 0.3 is 6.03 Å². The quantitative estimate of drug-likeness (QED) is 0.793. The van der Waals surface area contributed by atoms with Crippen molar-refractivity contribution < 1.29 is 14.6 Å². The minimum Gasteiger partial charge on any atom is -0.489 e. The summed E-state index contributed by atoms with van der Waals surface area (Å²) < 4.78 is 5.59. The fraction of sp³-hybridized carbons (Fsp3) is 0.500. The smallest absolute Gasteiger partial charge is 0.317 e. The van der Waals surface area contributed by atoms with E-state index in [0.29, 0.717) is 32.2 Å². The number of likely N-dealkylation sites (tertiary alicyclic amines) is 1. The summed E-state index contributed by atoms with van der Waals surface area (Å²) in [5.41, 5.74) is 0.946. The van der Waals surface area contributed by atoms with Crippen LogP contribution >= 0.6 is 0 Å². The Kier molecular flexibility index (Phi) is 6.47. The van der Waals surface area contributed by atoms with Gasteiger partial charge in [-0.05, 0) is 31.7 Å². The summed E-state index contributed by atoms with van der Waals surface area (Å²) >= 11 is 0. The Morgan fingerprint density at radius 1 is 1.48 bits per heavy atom. The molecular formula is C18H26N2O3. The molecule has 2 rings (SSSR count). The Morgan fingerprint density at radius 3 is 2.83 bits per heavy atom. The molecule has 1 aliphatic heterocycles. The van der Waals surface area contributed by atoms with Crippen molar-refractivity contribution >= 4 is 6.03 Å². The van der Waals surface area contributed by atoms with Crippen LogP contribution in [0.5, 0.6) is 5.75 Å². The Labute approximate surface area is 137 Å². The largest absolute Gasteiger partial charge is 0.489 e. The van der Waals surface area contributed by atoms with Gasteiger partial charge in [-0.15, -0.1) is 0 Å². The molecule has 5 nitrogen and oxygen atoms in total. The van der Waals surface area contributed by atoms with Gasteiger partial charge in [0, 0.05) is 25.2 Å². The summed E-state index contributed by atoms with van der Waals surface area (Å²) in [5.74, 6) is 1.06. The van der Waals surface area contributed by atoms with Crippen LogP contribution in [0.25, 0.3) is 0 Å². The number of aliphatic hydroxyl groups excluding tert-OH is 1. The van der Waals surface area contributed by atoms with Crippen molar-refractivity contribution in [1.29, 1.82) is 0 Å². The number of para-hydroxylation sites is 1. The first-order chi connectivity index (χ1) is 11.1. The van der Waals surface area contributed by atoms with Crippen LogP contribution in [0, 0.1) is 5.92 Å². The fourth-order valence-corrected chi connectivity index (χ4v) is 2.81. The van der Waals surface area contributed by atoms with Crippen LogP contribution in [0.1, 0.15) is 25.3 Å². The minimum absolute atomic E-state index is 0.0624. The molecule has 23 heavy (non-hydrogen) atoms. The zero-order valence-electron chi connectivity index (χ0n) is 13.7. The predicted molar refractivity (Wildman–Crippen MR) is 90.3 cm³/mol. The van der Waals surface area contributed by atoms with E-state index in [2.05, 4.69) is 11.9 Å². The molecule has 1 unspecified atom stereocenters. The number of amides is 2. The Hall–Kier alpha value is -2.01. The predicted octanol–water partition coefficient (Wildman–Crippen LogP) is 2.55. The highest BCUT2D eigenvalue weighted by atomic mass is 16.5. The molecule has 1 heterocycles. The van der Waals surface area contributed by atoms with Crippen molar-refractivity contribution in [2.45, 2.75) is 32.4 Å². The van der Waals surface area contributed by atoms with Gasteiger partial charge in [-0.2, -0.15) is 0 Å². The van der Waals surface area contributed by atoms with Gasteiger partial charge in [-0.1, -0.05) is 30.9 Å². The standard InChI is InChI=1S/C18H26N2O3/c1-3-12-23-17-7-5-4-6-16(17)13-19-18(22)20-10-8-15(9-11-20)14(2)21/h3-7,14-15,21H,1,8-13H2,2H3,(H,19,22). The highest BCUT2D eigenvalue weighted by Gasteiger charge is 2.25. The molecule has 0 saturated carbocycles. The number of piperidine rings is 1. The average molecular weight is 318 g/mol. The van der Waals surface area contributed by atoms with E-state index < -0.39 is 0 Å². The van der Waals surface area contributed by atoms with Gasteiger partial charge < -0.3 is 20.1 Å². The molecule has 0 bridgehead atoms. The van der Waals surface area contributed by atoms with Gasteiger partial charge in [0.05, 0.1) is 6.10 Å². The lowest BCUT2D eigenvalue weighted by Gasteiger charge is -2.33. The van der Waals surface area contributed by atoms with Crippen molar-refractivity contribution in [1.82, 2.24) is 10.2 Å². The first kappa shape index (κ1) is 17.3. The zero-order valence-corrected chi connectivity index (χ0v) is 13.7. The number of benzene rings is 1. The second-order valence-corrected chi connectivity index (χ2v) is 5.93. The number of urea groups is 1. The number of nitrogens with zero attached hydrogens (tertiary/aromatic N) is 1. The molecule has 0 aliphatic carbocycles. The lowest BCUT2D eigenvalue weighted by molar-refractivity contribution is 0.0798. The van der Waals surface area contributed by atoms with Crippen molar-refractivity contribution in [2.24, 2.45) is 5.92 Å². The SMILES string of the molecule is C=CCOc1ccccc1CNC(=O)N1CCC(C(C)O)CC1. The third kappa shape index (κ3) is 4.99. The summed E-state index contributed by atoms with van der Waals surface area (Å²) in [6.07, 6.45) is 3.10. The van der Waals surface area contributed by atoms with Gasteiger partial charge in [-0.3, -0.25) is 0 Å². The van der Waals surface area contributed by atoms with Crippen LogP contribution in [-0.4, -0.2) is 41.8 Å². The summed E-state index contributed by atoms with van der Waals surface area (Å²) in [5, 5.41) is 12.6. The van der Waals surface area contributed by atoms with Crippen LogP contribution in [0.4, 0.5) is 4.79 Å². The number of aliphatic hydroxyl groups is 1. The topological polar surface area (TPSA) is 61.8 Å². The second-order valence-electron chi connectivity index (χ2n) is 5.93. The number of hydrogen-bond acceptors (Lipinski definition) is 3. The lowest BCUT2D eigenvalue weighted by atomic mass is 9.92. The second kappa shape index (κ2) is 8.58. The molecule has 1 aliphatic rings. The molecule has 2 N–H and O–H groups in total. The summed E-state index contributed by atoms with van der Waals surface area (Å²) in [4.78, 5) is 14.1. The van der Waals surface area contributed by atoms with Crippen LogP contribution in [0.3, 0.4) is 0 Å². The lowest BCUT2D eigenvalue weighted by Crippen LogP contribution is -2.45. The summed E-state index contributed by atoms with van der Waals surface area (Å²) in [6, 6.07) is 7.60. The van der Waals surface area contributed by atoms with E-state index in [4.69, 9.17) is 4.74 Å². The molecule has 0 aromatic heterocycles. The third-order valence-corrected chi connectivity index (χ3v) is 4.27. The molecule has 0 radical (unpaired) electrons. The molecule has 1 fully saturated rings. The summed E-state index contributed by atoms with van der Waals surface area (Å²) in [7, 11) is 0. The van der Waals surface area contributed by atoms with Gasteiger partial charge in [0.15, 0.2) is 0 Å². The van der Waals surface area contributed by atoms with E-state index in [0.717, 1.165) is 24.2 Å². The zero-order chi connectivity index (χ0) is 16.7. The Bertz CT molecular complexity index is 523. The van der Waals surface area contributed by atoms with E-state index >= 15 is 0 Å². The fourth-order valence-electron chi connectivity index (χ4n) is 2.81. The van der Waals surface area contributed by atoms with E-state index in [1.54, 1.807) is 6.08 Å². The number of carbonyl (C=O) groups is 1. The molecule has 0 spiro atoms. The highest BCUT2D eigenvalue weighted by Crippen LogP contribution is 2.21. The van der Waals surface area contributed by atoms with E-state index in [1.807, 2.05) is 36.1 Å². The van der Waals surface area contributed by atoms with Crippen LogP contribution in [0.2, 0.25) is 0 Å². The maximum Gasteiger partial charge on any atom is 0.317 e. The highest BCUT2D eigenvalue weighted by molar-refractivity contribution is 5.74. The maximum absolute atomic E-state index is 12.3. The molecule has 126 valence electrons. The summed E-state index contributed by atoms with van der Waals surface area (Å²) in [6.45, 7) is 7.72. The van der Waals surface area contributed by atoms with Crippen molar-refractivity contribution in [2.75, 3.05) is 19.7 Å². The van der Waals surface area contributed by atoms with Crippen LogP contribution < -0.4 is 10.1 Å². The van der Waals surface area contributed by atoms with Crippen LogP contribution in [0.15, 0.2) is 36.9 Å². The third-order valence-electron chi connectivity index (χ3n) is 4.27. The van der Waals surface area contributed by atoms with Gasteiger partial charge in [0.1, 0.15) is 12.4 Å². The minimum atomic E-state index is -0.297. The first-order valence-corrected chi connectivity index (χ1v) is 8.14. The van der Waals surface area contributed by atoms with E-state index in [9.17, 15) is 9.90 Å². The molecular weight excluding hydrogens is 292 g/mol. The van der Waals surface area contributed by atoms with Crippen molar-refractivity contribution in [3.05, 3.63) is 42.5 Å². The molecule has 2 amide bonds. The molecule has 1 aromatic rings. The first-order valence-electron chi connectivity index (χ1n) is 8.14. The monoisotopic (exact) mass is 318 g/mol. The normalized spacial score (nSPS) is 16.7. The molecule has 1 atom stereocenters.